The Labute approximate surface area is 167 Å². The third-order valence-corrected chi connectivity index (χ3v) is 5.74. The van der Waals surface area contributed by atoms with Gasteiger partial charge in [0.25, 0.3) is 5.91 Å². The van der Waals surface area contributed by atoms with Crippen LogP contribution in [0.2, 0.25) is 0 Å². The van der Waals surface area contributed by atoms with Crippen LogP contribution in [-0.4, -0.2) is 17.5 Å². The molecule has 0 radical (unpaired) electrons. The van der Waals surface area contributed by atoms with Crippen LogP contribution in [0.4, 0.5) is 5.13 Å². The van der Waals surface area contributed by atoms with Gasteiger partial charge in [-0.3, -0.25) is 10.1 Å². The van der Waals surface area contributed by atoms with Crippen LogP contribution < -0.4 is 10.1 Å². The maximum absolute atomic E-state index is 12.2. The molecule has 0 atom stereocenters. The standard InChI is InChI=1S/C22H19N3O2S/c23-13-15-5-7-16(8-6-15)17-9-11-18(12-10-17)27-14-21(26)25-22-24-19-3-1-2-4-20(19)28-22/h5-12H,1-4,14H2,(H,24,25,26). The maximum Gasteiger partial charge on any atom is 0.264 e. The van der Waals surface area contributed by atoms with Crippen molar-refractivity contribution in [2.45, 2.75) is 25.7 Å². The zero-order valence-electron chi connectivity index (χ0n) is 15.3. The summed E-state index contributed by atoms with van der Waals surface area (Å²) in [5, 5.41) is 12.4. The van der Waals surface area contributed by atoms with E-state index >= 15 is 0 Å². The number of nitrogens with zero attached hydrogens (tertiary/aromatic N) is 2. The number of aromatic nitrogens is 1. The van der Waals surface area contributed by atoms with Gasteiger partial charge < -0.3 is 4.74 Å². The molecular formula is C22H19N3O2S. The van der Waals surface area contributed by atoms with E-state index in [9.17, 15) is 4.79 Å². The van der Waals surface area contributed by atoms with Crippen LogP contribution in [0.25, 0.3) is 11.1 Å². The summed E-state index contributed by atoms with van der Waals surface area (Å²) >= 11 is 1.57. The van der Waals surface area contributed by atoms with Crippen LogP contribution in [-0.2, 0) is 17.6 Å². The molecule has 0 spiro atoms. The van der Waals surface area contributed by atoms with Crippen molar-refractivity contribution in [1.29, 1.82) is 5.26 Å². The van der Waals surface area contributed by atoms with Crippen molar-refractivity contribution in [1.82, 2.24) is 4.98 Å². The van der Waals surface area contributed by atoms with Crippen LogP contribution in [0.1, 0.15) is 29.0 Å². The highest BCUT2D eigenvalue weighted by molar-refractivity contribution is 7.15. The van der Waals surface area contributed by atoms with Crippen molar-refractivity contribution >= 4 is 22.4 Å². The first kappa shape index (κ1) is 18.2. The van der Waals surface area contributed by atoms with Crippen molar-refractivity contribution in [3.63, 3.8) is 0 Å². The Bertz CT molecular complexity index is 994. The minimum atomic E-state index is -0.206. The van der Waals surface area contributed by atoms with Gasteiger partial charge in [0.2, 0.25) is 0 Å². The van der Waals surface area contributed by atoms with Gasteiger partial charge in [-0.25, -0.2) is 4.98 Å². The predicted octanol–water partition coefficient (Wildman–Crippen LogP) is 4.58. The van der Waals surface area contributed by atoms with Gasteiger partial charge in [-0.15, -0.1) is 11.3 Å². The Morgan fingerprint density at radius 3 is 2.43 bits per heavy atom. The number of fused-ring (bicyclic) bond motifs is 1. The van der Waals surface area contributed by atoms with Crippen molar-refractivity contribution in [3.8, 4) is 22.9 Å². The topological polar surface area (TPSA) is 75.0 Å². The Morgan fingerprint density at radius 2 is 1.75 bits per heavy atom. The van der Waals surface area contributed by atoms with Gasteiger partial charge in [0.1, 0.15) is 5.75 Å². The number of nitriles is 1. The lowest BCUT2D eigenvalue weighted by Crippen LogP contribution is -2.20. The average molecular weight is 389 g/mol. The van der Waals surface area contributed by atoms with E-state index < -0.39 is 0 Å². The van der Waals surface area contributed by atoms with E-state index in [-0.39, 0.29) is 12.5 Å². The zero-order valence-corrected chi connectivity index (χ0v) is 16.1. The first-order valence-electron chi connectivity index (χ1n) is 9.23. The first-order valence-corrected chi connectivity index (χ1v) is 10.0. The quantitative estimate of drug-likeness (QED) is 0.693. The molecule has 28 heavy (non-hydrogen) atoms. The Balaban J connectivity index is 1.32. The molecule has 5 nitrogen and oxygen atoms in total. The first-order chi connectivity index (χ1) is 13.7. The minimum Gasteiger partial charge on any atom is -0.484 e. The van der Waals surface area contributed by atoms with Crippen molar-refractivity contribution in [2.75, 3.05) is 11.9 Å². The van der Waals surface area contributed by atoms with E-state index in [4.69, 9.17) is 10.00 Å². The summed E-state index contributed by atoms with van der Waals surface area (Å²) in [6.07, 6.45) is 4.44. The molecule has 1 aliphatic rings. The number of benzene rings is 2. The summed E-state index contributed by atoms with van der Waals surface area (Å²) in [7, 11) is 0. The lowest BCUT2D eigenvalue weighted by atomic mass is 10.0. The highest BCUT2D eigenvalue weighted by Gasteiger charge is 2.16. The van der Waals surface area contributed by atoms with Gasteiger partial charge in [-0.2, -0.15) is 5.26 Å². The van der Waals surface area contributed by atoms with Gasteiger partial charge >= 0.3 is 0 Å². The maximum atomic E-state index is 12.2. The van der Waals surface area contributed by atoms with E-state index in [0.29, 0.717) is 16.4 Å². The Morgan fingerprint density at radius 1 is 1.07 bits per heavy atom. The van der Waals surface area contributed by atoms with Crippen LogP contribution >= 0.6 is 11.3 Å². The highest BCUT2D eigenvalue weighted by Crippen LogP contribution is 2.29. The summed E-state index contributed by atoms with van der Waals surface area (Å²) in [4.78, 5) is 18.0. The second kappa shape index (κ2) is 8.24. The van der Waals surface area contributed by atoms with E-state index in [2.05, 4.69) is 16.4 Å². The Kier molecular flexibility index (Phi) is 5.36. The molecule has 0 fully saturated rings. The molecule has 0 unspecified atom stereocenters. The molecular weight excluding hydrogens is 370 g/mol. The van der Waals surface area contributed by atoms with Gasteiger partial charge in [0.15, 0.2) is 11.7 Å². The molecule has 3 aromatic rings. The van der Waals surface area contributed by atoms with E-state index in [1.165, 1.54) is 17.7 Å². The fourth-order valence-corrected chi connectivity index (χ4v) is 4.26. The Hall–Kier alpha value is -3.17. The summed E-state index contributed by atoms with van der Waals surface area (Å²) in [6.45, 7) is -0.0551. The zero-order chi connectivity index (χ0) is 19.3. The van der Waals surface area contributed by atoms with Crippen LogP contribution in [0, 0.1) is 11.3 Å². The fourth-order valence-electron chi connectivity index (χ4n) is 3.19. The smallest absolute Gasteiger partial charge is 0.264 e. The molecule has 0 saturated carbocycles. The summed E-state index contributed by atoms with van der Waals surface area (Å²) in [5.74, 6) is 0.424. The second-order valence-electron chi connectivity index (χ2n) is 6.65. The molecule has 1 aromatic heterocycles. The monoisotopic (exact) mass is 389 g/mol. The van der Waals surface area contributed by atoms with E-state index in [1.807, 2.05) is 36.4 Å². The molecule has 2 aromatic carbocycles. The number of aryl methyl sites for hydroxylation is 2. The number of ether oxygens (including phenoxy) is 1. The number of carbonyl (C=O) groups excluding carboxylic acids is 1. The van der Waals surface area contributed by atoms with E-state index in [1.54, 1.807) is 23.5 Å². The summed E-state index contributed by atoms with van der Waals surface area (Å²) < 4.78 is 5.59. The minimum absolute atomic E-state index is 0.0551. The lowest BCUT2D eigenvalue weighted by molar-refractivity contribution is -0.118. The third-order valence-electron chi connectivity index (χ3n) is 4.66. The highest BCUT2D eigenvalue weighted by atomic mass is 32.1. The van der Waals surface area contributed by atoms with E-state index in [0.717, 1.165) is 29.7 Å². The molecule has 1 N–H and O–H groups in total. The van der Waals surface area contributed by atoms with Gasteiger partial charge in [-0.05, 0) is 61.1 Å². The van der Waals surface area contributed by atoms with Crippen molar-refractivity contribution < 1.29 is 9.53 Å². The number of anilines is 1. The fraction of sp³-hybridized carbons (Fsp3) is 0.227. The third kappa shape index (κ3) is 4.21. The van der Waals surface area contributed by atoms with Gasteiger partial charge in [0, 0.05) is 4.88 Å². The number of amides is 1. The van der Waals surface area contributed by atoms with Crippen molar-refractivity contribution in [3.05, 3.63) is 64.7 Å². The van der Waals surface area contributed by atoms with Gasteiger partial charge in [0.05, 0.1) is 17.3 Å². The van der Waals surface area contributed by atoms with Crippen LogP contribution in [0.3, 0.4) is 0 Å². The number of carbonyl (C=O) groups is 1. The SMILES string of the molecule is N#Cc1ccc(-c2ccc(OCC(=O)Nc3nc4c(s3)CCCC4)cc2)cc1. The molecule has 1 aliphatic carbocycles. The molecule has 6 heteroatoms. The second-order valence-corrected chi connectivity index (χ2v) is 7.73. The number of hydrogen-bond donors (Lipinski definition) is 1. The molecule has 0 saturated heterocycles. The molecule has 140 valence electrons. The average Bonchev–Trinajstić information content (AvgIpc) is 3.15. The van der Waals surface area contributed by atoms with Crippen LogP contribution in [0.15, 0.2) is 48.5 Å². The molecule has 4 rings (SSSR count). The van der Waals surface area contributed by atoms with Crippen molar-refractivity contribution in [2.24, 2.45) is 0 Å². The number of thiazole rings is 1. The molecule has 0 bridgehead atoms. The summed E-state index contributed by atoms with van der Waals surface area (Å²) in [5.41, 5.74) is 3.81. The molecule has 1 heterocycles. The van der Waals surface area contributed by atoms with Gasteiger partial charge in [-0.1, -0.05) is 24.3 Å². The predicted molar refractivity (Wildman–Crippen MR) is 109 cm³/mol. The largest absolute Gasteiger partial charge is 0.484 e. The molecule has 0 aliphatic heterocycles. The lowest BCUT2D eigenvalue weighted by Gasteiger charge is -2.07. The number of rotatable bonds is 5. The molecule has 1 amide bonds. The number of nitrogens with one attached hydrogen (secondary N) is 1. The normalized spacial score (nSPS) is 12.7. The number of hydrogen-bond acceptors (Lipinski definition) is 5. The van der Waals surface area contributed by atoms with Crippen LogP contribution in [0.5, 0.6) is 5.75 Å². The summed E-state index contributed by atoms with van der Waals surface area (Å²) in [6, 6.07) is 17.1.